The zero-order valence-corrected chi connectivity index (χ0v) is 14.5. The van der Waals surface area contributed by atoms with Crippen molar-refractivity contribution < 1.29 is 4.74 Å². The first kappa shape index (κ1) is 16.5. The van der Waals surface area contributed by atoms with Crippen LogP contribution in [0.2, 0.25) is 5.02 Å². The lowest BCUT2D eigenvalue weighted by Gasteiger charge is -2.06. The van der Waals surface area contributed by atoms with Gasteiger partial charge < -0.3 is 4.74 Å². The van der Waals surface area contributed by atoms with Gasteiger partial charge >= 0.3 is 0 Å². The molecule has 4 heteroatoms. The average molecular weight is 339 g/mol. The van der Waals surface area contributed by atoms with Crippen LogP contribution in [-0.4, -0.2) is 17.8 Å². The molecule has 0 aliphatic carbocycles. The van der Waals surface area contributed by atoms with Crippen molar-refractivity contribution in [3.63, 3.8) is 0 Å². The summed E-state index contributed by atoms with van der Waals surface area (Å²) in [4.78, 5) is 9.27. The maximum absolute atomic E-state index is 6.27. The van der Waals surface area contributed by atoms with E-state index >= 15 is 0 Å². The van der Waals surface area contributed by atoms with E-state index in [0.29, 0.717) is 16.8 Å². The minimum atomic E-state index is 0.167. The molecule has 2 aromatic carbocycles. The third kappa shape index (κ3) is 3.74. The molecule has 1 aliphatic heterocycles. The Morgan fingerprint density at radius 1 is 1.12 bits per heavy atom. The Hall–Kier alpha value is -2.39. The van der Waals surface area contributed by atoms with E-state index in [2.05, 4.69) is 23.8 Å². The number of rotatable bonds is 4. The van der Waals surface area contributed by atoms with Crippen molar-refractivity contribution in [2.45, 2.75) is 26.3 Å². The molecular formula is C20H19ClN2O. The first-order valence-electron chi connectivity index (χ1n) is 8.03. The monoisotopic (exact) mass is 338 g/mol. The minimum absolute atomic E-state index is 0.167. The molecule has 24 heavy (non-hydrogen) atoms. The Morgan fingerprint density at radius 3 is 2.54 bits per heavy atom. The molecule has 0 saturated carbocycles. The lowest BCUT2D eigenvalue weighted by molar-refractivity contribution is 0.550. The largest absolute Gasteiger partial charge is 0.418 e. The Labute approximate surface area is 147 Å². The predicted octanol–water partition coefficient (Wildman–Crippen LogP) is 5.35. The van der Waals surface area contributed by atoms with Crippen molar-refractivity contribution in [3.8, 4) is 0 Å². The number of hydrogen-bond acceptors (Lipinski definition) is 3. The van der Waals surface area contributed by atoms with Crippen molar-refractivity contribution in [3.05, 3.63) is 76.4 Å². The van der Waals surface area contributed by atoms with Gasteiger partial charge in [-0.3, -0.25) is 0 Å². The van der Waals surface area contributed by atoms with Crippen LogP contribution in [-0.2, 0) is 4.74 Å². The fourth-order valence-corrected chi connectivity index (χ4v) is 2.48. The highest BCUT2D eigenvalue weighted by atomic mass is 35.5. The molecule has 0 fully saturated rings. The second-order valence-electron chi connectivity index (χ2n) is 5.63. The molecule has 1 atom stereocenters. The number of aliphatic imine (C=N–C) groups is 2. The summed E-state index contributed by atoms with van der Waals surface area (Å²) in [6, 6.07) is 17.7. The maximum atomic E-state index is 6.27. The second kappa shape index (κ2) is 7.45. The summed E-state index contributed by atoms with van der Waals surface area (Å²) in [7, 11) is 0. The van der Waals surface area contributed by atoms with Crippen LogP contribution in [0.3, 0.4) is 0 Å². The van der Waals surface area contributed by atoms with E-state index in [4.69, 9.17) is 16.3 Å². The predicted molar refractivity (Wildman–Crippen MR) is 101 cm³/mol. The second-order valence-corrected chi connectivity index (χ2v) is 6.04. The highest BCUT2D eigenvalue weighted by Gasteiger charge is 2.24. The summed E-state index contributed by atoms with van der Waals surface area (Å²) in [5.41, 5.74) is 2.54. The van der Waals surface area contributed by atoms with E-state index in [9.17, 15) is 0 Å². The Morgan fingerprint density at radius 2 is 1.83 bits per heavy atom. The molecule has 0 N–H and O–H groups in total. The number of nitrogens with zero attached hydrogens (tertiary/aromatic N) is 2. The molecule has 0 spiro atoms. The molecule has 0 aromatic heterocycles. The van der Waals surface area contributed by atoms with E-state index in [1.807, 2.05) is 60.7 Å². The van der Waals surface area contributed by atoms with Gasteiger partial charge in [0.2, 0.25) is 11.8 Å². The van der Waals surface area contributed by atoms with Gasteiger partial charge in [0.25, 0.3) is 0 Å². The summed E-state index contributed by atoms with van der Waals surface area (Å²) in [5, 5.41) is 0.611. The SMILES string of the molecule is CCC(C)N=C1OC(c2ccccc2Cl)=N/C1=C/c1ccccc1. The summed E-state index contributed by atoms with van der Waals surface area (Å²) in [6.07, 6.45) is 2.91. The summed E-state index contributed by atoms with van der Waals surface area (Å²) in [6.45, 7) is 4.16. The zero-order valence-electron chi connectivity index (χ0n) is 13.7. The first-order valence-corrected chi connectivity index (χ1v) is 8.41. The Balaban J connectivity index is 2.02. The molecule has 0 radical (unpaired) electrons. The molecular weight excluding hydrogens is 320 g/mol. The normalized spacial score (nSPS) is 18.5. The van der Waals surface area contributed by atoms with E-state index < -0.39 is 0 Å². The van der Waals surface area contributed by atoms with Crippen LogP contribution >= 0.6 is 11.6 Å². The molecule has 0 bridgehead atoms. The van der Waals surface area contributed by atoms with Crippen LogP contribution in [0.25, 0.3) is 6.08 Å². The van der Waals surface area contributed by atoms with Crippen molar-refractivity contribution in [2.75, 3.05) is 0 Å². The van der Waals surface area contributed by atoms with E-state index in [1.54, 1.807) is 0 Å². The molecule has 1 heterocycles. The van der Waals surface area contributed by atoms with E-state index in [0.717, 1.165) is 23.2 Å². The third-order valence-corrected chi connectivity index (χ3v) is 4.10. The molecule has 0 saturated heterocycles. The van der Waals surface area contributed by atoms with Gasteiger partial charge in [0.1, 0.15) is 5.70 Å². The number of hydrogen-bond donors (Lipinski definition) is 0. The maximum Gasteiger partial charge on any atom is 0.243 e. The van der Waals surface area contributed by atoms with Crippen LogP contribution in [0.1, 0.15) is 31.4 Å². The zero-order chi connectivity index (χ0) is 16.9. The summed E-state index contributed by atoms with van der Waals surface area (Å²) >= 11 is 6.27. The molecule has 122 valence electrons. The van der Waals surface area contributed by atoms with Crippen molar-refractivity contribution in [1.82, 2.24) is 0 Å². The van der Waals surface area contributed by atoms with Crippen LogP contribution < -0.4 is 0 Å². The standard InChI is InChI=1S/C20H19ClN2O/c1-3-14(2)22-20-18(13-15-9-5-4-6-10-15)23-19(24-20)16-11-7-8-12-17(16)21/h4-14H,3H2,1-2H3/b18-13+,22-20?. The molecule has 1 aliphatic rings. The Kier molecular flexibility index (Phi) is 5.11. The van der Waals surface area contributed by atoms with Gasteiger partial charge in [-0.05, 0) is 37.1 Å². The van der Waals surface area contributed by atoms with Gasteiger partial charge in [-0.2, -0.15) is 0 Å². The summed E-state index contributed by atoms with van der Waals surface area (Å²) in [5.74, 6) is 1.04. The number of ether oxygens (including phenoxy) is 1. The van der Waals surface area contributed by atoms with Crippen LogP contribution in [0.5, 0.6) is 0 Å². The fraction of sp³-hybridized carbons (Fsp3) is 0.200. The first-order chi connectivity index (χ1) is 11.7. The number of halogens is 1. The highest BCUT2D eigenvalue weighted by molar-refractivity contribution is 6.34. The minimum Gasteiger partial charge on any atom is -0.418 e. The van der Waals surface area contributed by atoms with Gasteiger partial charge in [-0.1, -0.05) is 61.0 Å². The molecule has 0 amide bonds. The Bertz CT molecular complexity index is 809. The van der Waals surface area contributed by atoms with Crippen LogP contribution in [0.4, 0.5) is 0 Å². The van der Waals surface area contributed by atoms with Gasteiger partial charge in [0.15, 0.2) is 0 Å². The molecule has 1 unspecified atom stereocenters. The van der Waals surface area contributed by atoms with Crippen LogP contribution in [0.15, 0.2) is 70.3 Å². The molecule has 3 nitrogen and oxygen atoms in total. The lowest BCUT2D eigenvalue weighted by atomic mass is 10.2. The average Bonchev–Trinajstić information content (AvgIpc) is 2.98. The lowest BCUT2D eigenvalue weighted by Crippen LogP contribution is -2.10. The molecule has 3 rings (SSSR count). The van der Waals surface area contributed by atoms with Gasteiger partial charge in [-0.25, -0.2) is 9.98 Å². The van der Waals surface area contributed by atoms with E-state index in [-0.39, 0.29) is 6.04 Å². The van der Waals surface area contributed by atoms with Crippen molar-refractivity contribution >= 4 is 29.5 Å². The van der Waals surface area contributed by atoms with Crippen molar-refractivity contribution in [2.24, 2.45) is 9.98 Å². The van der Waals surface area contributed by atoms with Gasteiger partial charge in [0.05, 0.1) is 16.6 Å². The topological polar surface area (TPSA) is 34.0 Å². The number of benzene rings is 2. The van der Waals surface area contributed by atoms with Crippen LogP contribution in [0, 0.1) is 0 Å². The van der Waals surface area contributed by atoms with Gasteiger partial charge in [0, 0.05) is 0 Å². The van der Waals surface area contributed by atoms with Gasteiger partial charge in [-0.15, -0.1) is 0 Å². The highest BCUT2D eigenvalue weighted by Crippen LogP contribution is 2.25. The third-order valence-electron chi connectivity index (χ3n) is 3.77. The smallest absolute Gasteiger partial charge is 0.243 e. The van der Waals surface area contributed by atoms with E-state index in [1.165, 1.54) is 0 Å². The molecule has 2 aromatic rings. The fourth-order valence-electron chi connectivity index (χ4n) is 2.26. The van der Waals surface area contributed by atoms with Crippen molar-refractivity contribution in [1.29, 1.82) is 0 Å². The quantitative estimate of drug-likeness (QED) is 0.739. The summed E-state index contributed by atoms with van der Waals surface area (Å²) < 4.78 is 5.93.